The van der Waals surface area contributed by atoms with E-state index in [1.807, 2.05) is 18.2 Å². The number of nitrogens with one attached hydrogen (secondary N) is 2. The first-order chi connectivity index (χ1) is 8.84. The van der Waals surface area contributed by atoms with E-state index in [9.17, 15) is 4.79 Å². The maximum Gasteiger partial charge on any atom is 0.237 e. The van der Waals surface area contributed by atoms with Gasteiger partial charge in [-0.15, -0.1) is 12.4 Å². The standard InChI is InChI=1S/C13H16N2O3.ClH/c16-13(10-4-2-6-14-10)15-7-9-3-1-5-11-12(9)18-8-17-11;/h1,3,5,10,14H,2,4,6-8H2,(H,15,16);1H. The maximum absolute atomic E-state index is 11.9. The molecule has 2 heterocycles. The van der Waals surface area contributed by atoms with E-state index in [-0.39, 0.29) is 31.1 Å². The van der Waals surface area contributed by atoms with Crippen molar-refractivity contribution in [2.75, 3.05) is 13.3 Å². The Balaban J connectivity index is 0.00000133. The van der Waals surface area contributed by atoms with Crippen molar-refractivity contribution in [2.45, 2.75) is 25.4 Å². The third-order valence-electron chi connectivity index (χ3n) is 3.31. The van der Waals surface area contributed by atoms with Crippen LogP contribution in [0.3, 0.4) is 0 Å². The first kappa shape index (κ1) is 14.0. The van der Waals surface area contributed by atoms with Crippen LogP contribution in [-0.4, -0.2) is 25.3 Å². The predicted octanol–water partition coefficient (Wildman–Crippen LogP) is 1.21. The van der Waals surface area contributed by atoms with Crippen LogP contribution in [0.5, 0.6) is 11.5 Å². The summed E-state index contributed by atoms with van der Waals surface area (Å²) in [5, 5.41) is 6.11. The Hall–Kier alpha value is -1.46. The van der Waals surface area contributed by atoms with Crippen molar-refractivity contribution >= 4 is 18.3 Å². The molecule has 0 aromatic heterocycles. The van der Waals surface area contributed by atoms with Crippen LogP contribution >= 0.6 is 12.4 Å². The lowest BCUT2D eigenvalue weighted by atomic mass is 10.1. The Kier molecular flexibility index (Phi) is 4.50. The van der Waals surface area contributed by atoms with E-state index in [0.29, 0.717) is 6.54 Å². The van der Waals surface area contributed by atoms with Crippen LogP contribution in [0.15, 0.2) is 18.2 Å². The van der Waals surface area contributed by atoms with Crippen LogP contribution in [0.4, 0.5) is 0 Å². The van der Waals surface area contributed by atoms with Crippen LogP contribution in [0.2, 0.25) is 0 Å². The summed E-state index contributed by atoms with van der Waals surface area (Å²) in [6.07, 6.45) is 1.98. The zero-order valence-electron chi connectivity index (χ0n) is 10.5. The molecule has 0 saturated carbocycles. The van der Waals surface area contributed by atoms with E-state index in [1.165, 1.54) is 0 Å². The van der Waals surface area contributed by atoms with Gasteiger partial charge in [0.1, 0.15) is 0 Å². The molecule has 5 nitrogen and oxygen atoms in total. The summed E-state index contributed by atoms with van der Waals surface area (Å²) in [7, 11) is 0. The van der Waals surface area contributed by atoms with Gasteiger partial charge in [-0.1, -0.05) is 12.1 Å². The number of carbonyl (C=O) groups is 1. The zero-order chi connectivity index (χ0) is 12.4. The smallest absolute Gasteiger partial charge is 0.237 e. The molecule has 1 unspecified atom stereocenters. The van der Waals surface area contributed by atoms with E-state index in [4.69, 9.17) is 9.47 Å². The van der Waals surface area contributed by atoms with Gasteiger partial charge in [0.2, 0.25) is 12.7 Å². The summed E-state index contributed by atoms with van der Waals surface area (Å²) in [4.78, 5) is 11.9. The Bertz CT molecular complexity index is 461. The van der Waals surface area contributed by atoms with Gasteiger partial charge >= 0.3 is 0 Å². The second kappa shape index (κ2) is 6.12. The minimum absolute atomic E-state index is 0. The molecule has 19 heavy (non-hydrogen) atoms. The number of ether oxygens (including phenoxy) is 2. The van der Waals surface area contributed by atoms with Crippen molar-refractivity contribution in [3.8, 4) is 11.5 Å². The van der Waals surface area contributed by atoms with Crippen molar-refractivity contribution in [3.63, 3.8) is 0 Å². The fourth-order valence-corrected chi connectivity index (χ4v) is 2.34. The van der Waals surface area contributed by atoms with Crippen LogP contribution in [0.1, 0.15) is 18.4 Å². The third-order valence-corrected chi connectivity index (χ3v) is 3.31. The van der Waals surface area contributed by atoms with Crippen molar-refractivity contribution in [1.29, 1.82) is 0 Å². The van der Waals surface area contributed by atoms with Gasteiger partial charge in [-0.2, -0.15) is 0 Å². The first-order valence-electron chi connectivity index (χ1n) is 6.23. The van der Waals surface area contributed by atoms with E-state index in [0.717, 1.165) is 36.4 Å². The average molecular weight is 285 g/mol. The Labute approximate surface area is 118 Å². The lowest BCUT2D eigenvalue weighted by Crippen LogP contribution is -2.40. The molecule has 0 aliphatic carbocycles. The lowest BCUT2D eigenvalue weighted by Gasteiger charge is -2.12. The number of hydrogen-bond acceptors (Lipinski definition) is 4. The summed E-state index contributed by atoms with van der Waals surface area (Å²) < 4.78 is 10.7. The molecule has 1 fully saturated rings. The minimum Gasteiger partial charge on any atom is -0.454 e. The Morgan fingerprint density at radius 2 is 2.32 bits per heavy atom. The topological polar surface area (TPSA) is 59.6 Å². The van der Waals surface area contributed by atoms with Gasteiger partial charge in [0.05, 0.1) is 6.04 Å². The number of para-hydroxylation sites is 1. The van der Waals surface area contributed by atoms with E-state index in [1.54, 1.807) is 0 Å². The molecule has 0 radical (unpaired) electrons. The van der Waals surface area contributed by atoms with Crippen molar-refractivity contribution in [1.82, 2.24) is 10.6 Å². The second-order valence-corrected chi connectivity index (χ2v) is 4.52. The Morgan fingerprint density at radius 3 is 3.11 bits per heavy atom. The quantitative estimate of drug-likeness (QED) is 0.876. The number of hydrogen-bond donors (Lipinski definition) is 2. The van der Waals surface area contributed by atoms with Crippen molar-refractivity contribution in [2.24, 2.45) is 0 Å². The average Bonchev–Trinajstić information content (AvgIpc) is 3.05. The molecule has 1 saturated heterocycles. The third kappa shape index (κ3) is 2.93. The van der Waals surface area contributed by atoms with Crippen LogP contribution in [0.25, 0.3) is 0 Å². The number of benzene rings is 1. The lowest BCUT2D eigenvalue weighted by molar-refractivity contribution is -0.122. The molecule has 1 aromatic carbocycles. The fourth-order valence-electron chi connectivity index (χ4n) is 2.34. The SMILES string of the molecule is Cl.O=C(NCc1cccc2c1OCO2)C1CCCN1. The maximum atomic E-state index is 11.9. The fraction of sp³-hybridized carbons (Fsp3) is 0.462. The molecular weight excluding hydrogens is 268 g/mol. The second-order valence-electron chi connectivity index (χ2n) is 4.52. The molecule has 3 rings (SSSR count). The highest BCUT2D eigenvalue weighted by atomic mass is 35.5. The number of carbonyl (C=O) groups excluding carboxylic acids is 1. The highest BCUT2D eigenvalue weighted by Crippen LogP contribution is 2.35. The molecule has 1 aromatic rings. The highest BCUT2D eigenvalue weighted by molar-refractivity contribution is 5.85. The molecular formula is C13H17ClN2O3. The summed E-state index contributed by atoms with van der Waals surface area (Å²) in [6.45, 7) is 1.66. The van der Waals surface area contributed by atoms with E-state index < -0.39 is 0 Å². The van der Waals surface area contributed by atoms with Gasteiger partial charge in [-0.25, -0.2) is 0 Å². The molecule has 1 atom stereocenters. The molecule has 2 N–H and O–H groups in total. The largest absolute Gasteiger partial charge is 0.454 e. The van der Waals surface area contributed by atoms with Crippen LogP contribution in [0, 0.1) is 0 Å². The molecule has 2 aliphatic rings. The van der Waals surface area contributed by atoms with E-state index >= 15 is 0 Å². The van der Waals surface area contributed by atoms with Crippen molar-refractivity contribution < 1.29 is 14.3 Å². The number of amides is 1. The summed E-state index contributed by atoms with van der Waals surface area (Å²) in [5.74, 6) is 1.56. The molecule has 0 spiro atoms. The van der Waals surface area contributed by atoms with Gasteiger partial charge in [-0.3, -0.25) is 4.79 Å². The van der Waals surface area contributed by atoms with Gasteiger partial charge in [0.25, 0.3) is 0 Å². The number of rotatable bonds is 3. The number of fused-ring (bicyclic) bond motifs is 1. The molecule has 104 valence electrons. The summed E-state index contributed by atoms with van der Waals surface area (Å²) in [6, 6.07) is 5.67. The van der Waals surface area contributed by atoms with Crippen molar-refractivity contribution in [3.05, 3.63) is 23.8 Å². The monoisotopic (exact) mass is 284 g/mol. The normalized spacial score (nSPS) is 19.9. The number of halogens is 1. The summed E-state index contributed by atoms with van der Waals surface area (Å²) in [5.41, 5.74) is 0.955. The highest BCUT2D eigenvalue weighted by Gasteiger charge is 2.22. The predicted molar refractivity (Wildman–Crippen MR) is 72.7 cm³/mol. The molecule has 6 heteroatoms. The van der Waals surface area contributed by atoms with Crippen LogP contribution in [-0.2, 0) is 11.3 Å². The summed E-state index contributed by atoms with van der Waals surface area (Å²) >= 11 is 0. The van der Waals surface area contributed by atoms with Gasteiger partial charge in [0.15, 0.2) is 11.5 Å². The molecule has 2 aliphatic heterocycles. The minimum atomic E-state index is -0.0427. The van der Waals surface area contributed by atoms with E-state index in [2.05, 4.69) is 10.6 Å². The Morgan fingerprint density at radius 1 is 1.42 bits per heavy atom. The van der Waals surface area contributed by atoms with Gasteiger partial charge in [0, 0.05) is 12.1 Å². The molecule has 0 bridgehead atoms. The van der Waals surface area contributed by atoms with Crippen LogP contribution < -0.4 is 20.1 Å². The first-order valence-corrected chi connectivity index (χ1v) is 6.23. The van der Waals surface area contributed by atoms with Gasteiger partial charge in [-0.05, 0) is 25.5 Å². The van der Waals surface area contributed by atoms with Gasteiger partial charge < -0.3 is 20.1 Å². The zero-order valence-corrected chi connectivity index (χ0v) is 11.3. The molecule has 1 amide bonds.